The van der Waals surface area contributed by atoms with Crippen molar-refractivity contribution in [2.75, 3.05) is 32.1 Å². The largest absolute Gasteiger partial charge is 0.496 e. The third kappa shape index (κ3) is 4.80. The van der Waals surface area contributed by atoms with Crippen LogP contribution < -0.4 is 15.4 Å². The van der Waals surface area contributed by atoms with Crippen LogP contribution in [-0.4, -0.2) is 37.7 Å². The van der Waals surface area contributed by atoms with Crippen LogP contribution in [0.5, 0.6) is 5.75 Å². The van der Waals surface area contributed by atoms with Gasteiger partial charge < -0.3 is 15.4 Å². The van der Waals surface area contributed by atoms with Crippen LogP contribution in [0.25, 0.3) is 0 Å². The molecule has 2 amide bonds. The summed E-state index contributed by atoms with van der Waals surface area (Å²) < 4.78 is 5.56. The predicted octanol–water partition coefficient (Wildman–Crippen LogP) is 4.27. The molecule has 0 spiro atoms. The number of hydrogen-bond donors (Lipinski definition) is 2. The average Bonchev–Trinajstić information content (AvgIpc) is 3.19. The van der Waals surface area contributed by atoms with Crippen LogP contribution in [0.2, 0.25) is 0 Å². The zero-order valence-electron chi connectivity index (χ0n) is 16.4. The molecule has 5 heteroatoms. The molecular formula is C22H29N3O2. The molecule has 2 N–H and O–H groups in total. The molecule has 1 unspecified atom stereocenters. The van der Waals surface area contributed by atoms with Crippen LogP contribution in [0.1, 0.15) is 35.6 Å². The highest BCUT2D eigenvalue weighted by Crippen LogP contribution is 2.31. The molecule has 144 valence electrons. The summed E-state index contributed by atoms with van der Waals surface area (Å²) in [7, 11) is 1.69. The fourth-order valence-corrected chi connectivity index (χ4v) is 3.74. The van der Waals surface area contributed by atoms with Gasteiger partial charge in [0, 0.05) is 17.8 Å². The molecule has 5 nitrogen and oxygen atoms in total. The summed E-state index contributed by atoms with van der Waals surface area (Å²) in [6.07, 6.45) is 2.39. The van der Waals surface area contributed by atoms with Gasteiger partial charge >= 0.3 is 6.03 Å². The molecule has 1 heterocycles. The van der Waals surface area contributed by atoms with Gasteiger partial charge in [-0.15, -0.1) is 0 Å². The third-order valence-corrected chi connectivity index (χ3v) is 5.17. The highest BCUT2D eigenvalue weighted by Gasteiger charge is 2.26. The van der Waals surface area contributed by atoms with E-state index in [1.54, 1.807) is 7.11 Å². The number of nitrogens with zero attached hydrogens (tertiary/aromatic N) is 1. The van der Waals surface area contributed by atoms with Gasteiger partial charge in [0.1, 0.15) is 5.75 Å². The SMILES string of the molecule is COc1ccccc1C(CNC(=O)Nc1ccc(C)cc1C)N1CCCC1. The highest BCUT2D eigenvalue weighted by molar-refractivity contribution is 5.90. The van der Waals surface area contributed by atoms with E-state index in [0.29, 0.717) is 6.54 Å². The van der Waals surface area contributed by atoms with Gasteiger partial charge in [-0.3, -0.25) is 4.90 Å². The summed E-state index contributed by atoms with van der Waals surface area (Å²) >= 11 is 0. The van der Waals surface area contributed by atoms with Crippen molar-refractivity contribution >= 4 is 11.7 Å². The molecule has 1 aliphatic heterocycles. The van der Waals surface area contributed by atoms with Crippen LogP contribution in [0.3, 0.4) is 0 Å². The van der Waals surface area contributed by atoms with Crippen LogP contribution in [0, 0.1) is 13.8 Å². The molecule has 0 bridgehead atoms. The minimum Gasteiger partial charge on any atom is -0.496 e. The van der Waals surface area contributed by atoms with E-state index < -0.39 is 0 Å². The third-order valence-electron chi connectivity index (χ3n) is 5.17. The number of hydrogen-bond acceptors (Lipinski definition) is 3. The smallest absolute Gasteiger partial charge is 0.319 e. The van der Waals surface area contributed by atoms with E-state index in [-0.39, 0.29) is 12.1 Å². The number of methoxy groups -OCH3 is 1. The van der Waals surface area contributed by atoms with Crippen molar-refractivity contribution in [1.29, 1.82) is 0 Å². The second-order valence-corrected chi connectivity index (χ2v) is 7.15. The fraction of sp³-hybridized carbons (Fsp3) is 0.409. The van der Waals surface area contributed by atoms with E-state index in [1.807, 2.05) is 44.2 Å². The molecule has 1 atom stereocenters. The first-order valence-electron chi connectivity index (χ1n) is 9.57. The summed E-state index contributed by atoms with van der Waals surface area (Å²) in [5, 5.41) is 6.02. The van der Waals surface area contributed by atoms with Crippen molar-refractivity contribution < 1.29 is 9.53 Å². The number of nitrogens with one attached hydrogen (secondary N) is 2. The van der Waals surface area contributed by atoms with Gasteiger partial charge in [-0.25, -0.2) is 4.79 Å². The lowest BCUT2D eigenvalue weighted by atomic mass is 10.0. The van der Waals surface area contributed by atoms with Gasteiger partial charge in [0.2, 0.25) is 0 Å². The molecule has 1 aliphatic rings. The average molecular weight is 367 g/mol. The van der Waals surface area contributed by atoms with E-state index in [1.165, 1.54) is 18.4 Å². The zero-order valence-corrected chi connectivity index (χ0v) is 16.4. The van der Waals surface area contributed by atoms with E-state index in [0.717, 1.165) is 35.7 Å². The van der Waals surface area contributed by atoms with Crippen LogP contribution in [0.4, 0.5) is 10.5 Å². The maximum atomic E-state index is 12.5. The van der Waals surface area contributed by atoms with Crippen molar-refractivity contribution in [3.8, 4) is 5.75 Å². The first-order chi connectivity index (χ1) is 13.1. The minimum absolute atomic E-state index is 0.105. The minimum atomic E-state index is -0.180. The number of likely N-dealkylation sites (tertiary alicyclic amines) is 1. The van der Waals surface area contributed by atoms with Gasteiger partial charge in [0.05, 0.1) is 13.2 Å². The summed E-state index contributed by atoms with van der Waals surface area (Å²) in [4.78, 5) is 14.9. The van der Waals surface area contributed by atoms with Crippen LogP contribution in [0.15, 0.2) is 42.5 Å². The zero-order chi connectivity index (χ0) is 19.2. The van der Waals surface area contributed by atoms with Gasteiger partial charge in [-0.2, -0.15) is 0 Å². The van der Waals surface area contributed by atoms with Crippen molar-refractivity contribution in [2.45, 2.75) is 32.7 Å². The summed E-state index contributed by atoms with van der Waals surface area (Å²) in [6, 6.07) is 14.0. The van der Waals surface area contributed by atoms with E-state index in [9.17, 15) is 4.79 Å². The van der Waals surface area contributed by atoms with Gasteiger partial charge in [-0.1, -0.05) is 35.9 Å². The quantitative estimate of drug-likeness (QED) is 0.802. The number of amides is 2. The molecule has 0 aromatic heterocycles. The lowest BCUT2D eigenvalue weighted by molar-refractivity contribution is 0.224. The molecule has 0 radical (unpaired) electrons. The maximum absolute atomic E-state index is 12.5. The molecule has 3 rings (SSSR count). The molecule has 0 saturated carbocycles. The van der Waals surface area contributed by atoms with Crippen molar-refractivity contribution in [1.82, 2.24) is 10.2 Å². The summed E-state index contributed by atoms with van der Waals surface area (Å²) in [5.74, 6) is 0.867. The Balaban J connectivity index is 1.70. The topological polar surface area (TPSA) is 53.6 Å². The predicted molar refractivity (Wildman–Crippen MR) is 109 cm³/mol. The maximum Gasteiger partial charge on any atom is 0.319 e. The Morgan fingerprint density at radius 2 is 1.89 bits per heavy atom. The van der Waals surface area contributed by atoms with Crippen LogP contribution in [-0.2, 0) is 0 Å². The fourth-order valence-electron chi connectivity index (χ4n) is 3.74. The van der Waals surface area contributed by atoms with E-state index in [4.69, 9.17) is 4.74 Å². The first-order valence-corrected chi connectivity index (χ1v) is 9.57. The molecule has 27 heavy (non-hydrogen) atoms. The van der Waals surface area contributed by atoms with Crippen molar-refractivity contribution in [3.05, 3.63) is 59.2 Å². The number of urea groups is 1. The highest BCUT2D eigenvalue weighted by atomic mass is 16.5. The standard InChI is InChI=1S/C22H29N3O2/c1-16-10-11-19(17(2)14-16)24-22(26)23-15-20(25-12-6-7-13-25)18-8-4-5-9-21(18)27-3/h4-5,8-11,14,20H,6-7,12-13,15H2,1-3H3,(H2,23,24,26). The second kappa shape index (κ2) is 8.91. The van der Waals surface area contributed by atoms with Gasteiger partial charge in [-0.05, 0) is 57.5 Å². The lowest BCUT2D eigenvalue weighted by Gasteiger charge is -2.29. The Morgan fingerprint density at radius 3 is 2.59 bits per heavy atom. The number of aryl methyl sites for hydroxylation is 2. The van der Waals surface area contributed by atoms with Crippen molar-refractivity contribution in [3.63, 3.8) is 0 Å². The van der Waals surface area contributed by atoms with E-state index in [2.05, 4.69) is 27.7 Å². The number of anilines is 1. The second-order valence-electron chi connectivity index (χ2n) is 7.15. The molecule has 1 fully saturated rings. The van der Waals surface area contributed by atoms with E-state index >= 15 is 0 Å². The number of rotatable bonds is 6. The lowest BCUT2D eigenvalue weighted by Crippen LogP contribution is -2.38. The normalized spacial score (nSPS) is 15.4. The van der Waals surface area contributed by atoms with Crippen molar-refractivity contribution in [2.24, 2.45) is 0 Å². The number of para-hydroxylation sites is 1. The Bertz CT molecular complexity index is 785. The van der Waals surface area contributed by atoms with Gasteiger partial charge in [0.25, 0.3) is 0 Å². The summed E-state index contributed by atoms with van der Waals surface area (Å²) in [5.41, 5.74) is 4.21. The Hall–Kier alpha value is -2.53. The van der Waals surface area contributed by atoms with Crippen LogP contribution >= 0.6 is 0 Å². The number of ether oxygens (including phenoxy) is 1. The first kappa shape index (κ1) is 19.2. The number of benzene rings is 2. The molecule has 0 aliphatic carbocycles. The number of carbonyl (C=O) groups is 1. The van der Waals surface area contributed by atoms with Gasteiger partial charge in [0.15, 0.2) is 0 Å². The Kier molecular flexibility index (Phi) is 6.35. The molecular weight excluding hydrogens is 338 g/mol. The Labute approximate surface area is 161 Å². The molecule has 2 aromatic carbocycles. The summed E-state index contributed by atoms with van der Waals surface area (Å²) in [6.45, 7) is 6.68. The molecule has 1 saturated heterocycles. The monoisotopic (exact) mass is 367 g/mol. The Morgan fingerprint density at radius 1 is 1.15 bits per heavy atom. The number of carbonyl (C=O) groups excluding carboxylic acids is 1. The molecule has 2 aromatic rings.